The molecule has 1 saturated heterocycles. The van der Waals surface area contributed by atoms with Crippen LogP contribution in [0.25, 0.3) is 10.2 Å². The molecule has 3 heterocycles. The van der Waals surface area contributed by atoms with Crippen LogP contribution in [-0.4, -0.2) is 42.0 Å². The molecule has 1 aliphatic heterocycles. The van der Waals surface area contributed by atoms with Gasteiger partial charge in [0.25, 0.3) is 5.91 Å². The lowest BCUT2D eigenvalue weighted by Gasteiger charge is -2.19. The molecular formula is C13H16N4OS. The summed E-state index contributed by atoms with van der Waals surface area (Å²) in [6.45, 7) is 3.33. The van der Waals surface area contributed by atoms with Crippen LogP contribution in [-0.2, 0) is 0 Å². The molecule has 100 valence electrons. The largest absolute Gasteiger partial charge is 0.397 e. The summed E-state index contributed by atoms with van der Waals surface area (Å²) in [4.78, 5) is 20.1. The molecule has 19 heavy (non-hydrogen) atoms. The van der Waals surface area contributed by atoms with Crippen molar-refractivity contribution < 1.29 is 4.79 Å². The summed E-state index contributed by atoms with van der Waals surface area (Å²) < 4.78 is 0. The van der Waals surface area contributed by atoms with Gasteiger partial charge in [-0.1, -0.05) is 0 Å². The number of pyridine rings is 1. The predicted molar refractivity (Wildman–Crippen MR) is 77.4 cm³/mol. The average Bonchev–Trinajstić information content (AvgIpc) is 2.64. The van der Waals surface area contributed by atoms with Crippen LogP contribution in [0.4, 0.5) is 5.69 Å². The van der Waals surface area contributed by atoms with E-state index in [1.807, 2.05) is 17.0 Å². The van der Waals surface area contributed by atoms with E-state index in [0.29, 0.717) is 10.6 Å². The quantitative estimate of drug-likeness (QED) is 0.824. The molecule has 0 radical (unpaired) electrons. The second-order valence-electron chi connectivity index (χ2n) is 4.60. The Morgan fingerprint density at radius 3 is 3.16 bits per heavy atom. The molecular weight excluding hydrogens is 260 g/mol. The summed E-state index contributed by atoms with van der Waals surface area (Å²) in [6, 6.07) is 3.75. The van der Waals surface area contributed by atoms with Crippen molar-refractivity contribution in [1.29, 1.82) is 0 Å². The van der Waals surface area contributed by atoms with E-state index in [0.717, 1.165) is 42.8 Å². The van der Waals surface area contributed by atoms with Crippen molar-refractivity contribution in [2.24, 2.45) is 0 Å². The van der Waals surface area contributed by atoms with Crippen LogP contribution in [0.5, 0.6) is 0 Å². The van der Waals surface area contributed by atoms with Gasteiger partial charge < -0.3 is 16.0 Å². The molecule has 5 nitrogen and oxygen atoms in total. The summed E-state index contributed by atoms with van der Waals surface area (Å²) in [5.41, 5.74) is 6.66. The zero-order valence-corrected chi connectivity index (χ0v) is 11.4. The highest BCUT2D eigenvalue weighted by Crippen LogP contribution is 2.32. The van der Waals surface area contributed by atoms with Crippen molar-refractivity contribution in [3.63, 3.8) is 0 Å². The van der Waals surface area contributed by atoms with Gasteiger partial charge in [0.1, 0.15) is 9.71 Å². The zero-order valence-electron chi connectivity index (χ0n) is 10.6. The lowest BCUT2D eigenvalue weighted by Crippen LogP contribution is -2.34. The molecule has 0 saturated carbocycles. The van der Waals surface area contributed by atoms with Crippen LogP contribution in [0.15, 0.2) is 18.3 Å². The van der Waals surface area contributed by atoms with Gasteiger partial charge in [0, 0.05) is 31.2 Å². The number of hydrogen-bond acceptors (Lipinski definition) is 5. The summed E-state index contributed by atoms with van der Waals surface area (Å²) in [6.07, 6.45) is 2.71. The summed E-state index contributed by atoms with van der Waals surface area (Å²) in [5, 5.41) is 4.17. The maximum Gasteiger partial charge on any atom is 0.266 e. The van der Waals surface area contributed by atoms with Crippen molar-refractivity contribution in [2.45, 2.75) is 6.42 Å². The number of rotatable bonds is 1. The molecule has 0 spiro atoms. The molecule has 1 fully saturated rings. The number of nitrogens with one attached hydrogen (secondary N) is 1. The Morgan fingerprint density at radius 2 is 2.32 bits per heavy atom. The molecule has 1 aliphatic rings. The summed E-state index contributed by atoms with van der Waals surface area (Å²) in [7, 11) is 0. The minimum absolute atomic E-state index is 0.0317. The minimum atomic E-state index is 0.0317. The van der Waals surface area contributed by atoms with Crippen LogP contribution >= 0.6 is 11.3 Å². The van der Waals surface area contributed by atoms with Gasteiger partial charge in [0.2, 0.25) is 0 Å². The van der Waals surface area contributed by atoms with Crippen molar-refractivity contribution >= 4 is 33.1 Å². The van der Waals surface area contributed by atoms with E-state index in [-0.39, 0.29) is 5.91 Å². The van der Waals surface area contributed by atoms with Crippen LogP contribution in [0, 0.1) is 0 Å². The number of nitrogen functional groups attached to an aromatic ring is 1. The minimum Gasteiger partial charge on any atom is -0.397 e. The molecule has 0 unspecified atom stereocenters. The molecule has 3 rings (SSSR count). The van der Waals surface area contributed by atoms with Gasteiger partial charge >= 0.3 is 0 Å². The lowest BCUT2D eigenvalue weighted by molar-refractivity contribution is 0.0772. The molecule has 2 aromatic rings. The number of hydrogen-bond donors (Lipinski definition) is 2. The lowest BCUT2D eigenvalue weighted by atomic mass is 10.2. The van der Waals surface area contributed by atoms with Crippen LogP contribution < -0.4 is 11.1 Å². The van der Waals surface area contributed by atoms with Gasteiger partial charge in [-0.05, 0) is 25.1 Å². The molecule has 0 aliphatic carbocycles. The molecule has 0 aromatic carbocycles. The second kappa shape index (κ2) is 5.14. The third-order valence-corrected chi connectivity index (χ3v) is 4.44. The predicted octanol–water partition coefficient (Wildman–Crippen LogP) is 1.31. The number of carbonyl (C=O) groups is 1. The SMILES string of the molecule is Nc1c(C(=O)N2CCCNCC2)sc2ncccc12. The first-order valence-corrected chi connectivity index (χ1v) is 7.22. The fraction of sp³-hybridized carbons (Fsp3) is 0.385. The van der Waals surface area contributed by atoms with E-state index in [1.54, 1.807) is 6.20 Å². The van der Waals surface area contributed by atoms with E-state index in [1.165, 1.54) is 11.3 Å². The number of thiophene rings is 1. The van der Waals surface area contributed by atoms with Gasteiger partial charge in [0.05, 0.1) is 5.69 Å². The van der Waals surface area contributed by atoms with E-state index in [2.05, 4.69) is 10.3 Å². The van der Waals surface area contributed by atoms with Crippen molar-refractivity contribution in [1.82, 2.24) is 15.2 Å². The molecule has 3 N–H and O–H groups in total. The highest BCUT2D eigenvalue weighted by atomic mass is 32.1. The number of carbonyl (C=O) groups excluding carboxylic acids is 1. The maximum atomic E-state index is 12.5. The Bertz CT molecular complexity index is 602. The Balaban J connectivity index is 1.94. The van der Waals surface area contributed by atoms with E-state index in [4.69, 9.17) is 5.73 Å². The van der Waals surface area contributed by atoms with Crippen LogP contribution in [0.1, 0.15) is 16.1 Å². The fourth-order valence-corrected chi connectivity index (χ4v) is 3.33. The molecule has 0 atom stereocenters. The highest BCUT2D eigenvalue weighted by molar-refractivity contribution is 7.21. The summed E-state index contributed by atoms with van der Waals surface area (Å²) >= 11 is 1.38. The first kappa shape index (κ1) is 12.4. The maximum absolute atomic E-state index is 12.5. The van der Waals surface area contributed by atoms with Gasteiger partial charge in [-0.25, -0.2) is 4.98 Å². The van der Waals surface area contributed by atoms with Crippen molar-refractivity contribution in [2.75, 3.05) is 31.9 Å². The van der Waals surface area contributed by atoms with E-state index >= 15 is 0 Å². The monoisotopic (exact) mass is 276 g/mol. The van der Waals surface area contributed by atoms with E-state index < -0.39 is 0 Å². The molecule has 0 bridgehead atoms. The number of amides is 1. The van der Waals surface area contributed by atoms with Crippen molar-refractivity contribution in [3.8, 4) is 0 Å². The summed E-state index contributed by atoms with van der Waals surface area (Å²) in [5.74, 6) is 0.0317. The zero-order chi connectivity index (χ0) is 13.2. The number of nitrogens with two attached hydrogens (primary N) is 1. The number of aromatic nitrogens is 1. The van der Waals surface area contributed by atoms with Gasteiger partial charge in [-0.3, -0.25) is 4.79 Å². The van der Waals surface area contributed by atoms with Gasteiger partial charge in [0.15, 0.2) is 0 Å². The smallest absolute Gasteiger partial charge is 0.266 e. The Hall–Kier alpha value is -1.66. The first-order chi connectivity index (χ1) is 9.27. The van der Waals surface area contributed by atoms with Crippen molar-refractivity contribution in [3.05, 3.63) is 23.2 Å². The Morgan fingerprint density at radius 1 is 1.42 bits per heavy atom. The molecule has 1 amide bonds. The third-order valence-electron chi connectivity index (χ3n) is 3.33. The average molecular weight is 276 g/mol. The number of fused-ring (bicyclic) bond motifs is 1. The Kier molecular flexibility index (Phi) is 3.35. The standard InChI is InChI=1S/C13H16N4OS/c14-10-9-3-1-5-16-12(9)19-11(10)13(18)17-7-2-4-15-6-8-17/h1,3,5,15H,2,4,6-8,14H2. The third kappa shape index (κ3) is 2.29. The number of anilines is 1. The fourth-order valence-electron chi connectivity index (χ4n) is 2.30. The first-order valence-electron chi connectivity index (χ1n) is 6.40. The molecule has 2 aromatic heterocycles. The van der Waals surface area contributed by atoms with Crippen LogP contribution in [0.3, 0.4) is 0 Å². The van der Waals surface area contributed by atoms with Gasteiger partial charge in [-0.15, -0.1) is 11.3 Å². The topological polar surface area (TPSA) is 71.2 Å². The van der Waals surface area contributed by atoms with E-state index in [9.17, 15) is 4.79 Å². The number of nitrogens with zero attached hydrogens (tertiary/aromatic N) is 2. The van der Waals surface area contributed by atoms with Crippen LogP contribution in [0.2, 0.25) is 0 Å². The normalized spacial score (nSPS) is 16.5. The Labute approximate surface area is 115 Å². The second-order valence-corrected chi connectivity index (χ2v) is 5.60. The molecule has 6 heteroatoms. The van der Waals surface area contributed by atoms with Gasteiger partial charge in [-0.2, -0.15) is 0 Å². The highest BCUT2D eigenvalue weighted by Gasteiger charge is 2.22.